The lowest BCUT2D eigenvalue weighted by molar-refractivity contribution is -0.119. The number of likely N-dealkylation sites (N-methyl/N-ethyl adjacent to an activating group) is 1. The molecule has 2 aliphatic rings. The molecule has 7 nitrogen and oxygen atoms in total. The molecule has 2 aromatic rings. The van der Waals surface area contributed by atoms with E-state index in [9.17, 15) is 18.3 Å². The highest BCUT2D eigenvalue weighted by Gasteiger charge is 2.52. The minimum Gasteiger partial charge on any atom is -0.487 e. The first kappa shape index (κ1) is 22.0. The van der Waals surface area contributed by atoms with Crippen molar-refractivity contribution in [2.75, 3.05) is 41.9 Å². The Morgan fingerprint density at radius 1 is 1.29 bits per heavy atom. The maximum absolute atomic E-state index is 13.3. The van der Waals surface area contributed by atoms with Gasteiger partial charge in [0, 0.05) is 31.1 Å². The number of sulfonamides is 1. The number of carbonyl (C=O) groups excluding carboxylic acids is 1. The first-order valence-corrected chi connectivity index (χ1v) is 13.0. The molecule has 4 rings (SSSR count). The zero-order valence-electron chi connectivity index (χ0n) is 18.0. The Labute approximate surface area is 187 Å². The van der Waals surface area contributed by atoms with Crippen LogP contribution in [0.1, 0.15) is 29.5 Å². The largest absolute Gasteiger partial charge is 0.487 e. The molecule has 2 unspecified atom stereocenters. The molecule has 0 spiro atoms. The summed E-state index contributed by atoms with van der Waals surface area (Å²) in [5.41, 5.74) is 3.53. The van der Waals surface area contributed by atoms with Crippen LogP contribution in [0.5, 0.6) is 5.75 Å². The molecule has 0 aliphatic carbocycles. The summed E-state index contributed by atoms with van der Waals surface area (Å²) in [5, 5.41) is 10.1. The molecule has 1 amide bonds. The fraction of sp³-hybridized carbons (Fsp3) is 0.409. The molecule has 31 heavy (non-hydrogen) atoms. The van der Waals surface area contributed by atoms with Gasteiger partial charge in [0.25, 0.3) is 0 Å². The zero-order chi connectivity index (χ0) is 22.6. The molecule has 2 aliphatic heterocycles. The van der Waals surface area contributed by atoms with Crippen molar-refractivity contribution in [3.8, 4) is 5.75 Å². The Morgan fingerprint density at radius 2 is 1.97 bits per heavy atom. The van der Waals surface area contributed by atoms with E-state index in [0.717, 1.165) is 17.4 Å². The van der Waals surface area contributed by atoms with Crippen LogP contribution in [0.25, 0.3) is 0 Å². The standard InChI is InChI=1S/C22H26N2O5S2/c1-22(30-3)19-18-15(12-25)11-24(31(4,27)28)16(18)10-17(20(19)23(2)21(22)26)29-13-14-8-6-5-7-9-14/h5-10,15,25H,11-13H2,1-4H3. The van der Waals surface area contributed by atoms with Crippen LogP contribution >= 0.6 is 11.8 Å². The number of ether oxygens (including phenoxy) is 1. The molecular formula is C22H26N2O5S2. The lowest BCUT2D eigenvalue weighted by Crippen LogP contribution is -2.33. The van der Waals surface area contributed by atoms with E-state index in [0.29, 0.717) is 22.7 Å². The summed E-state index contributed by atoms with van der Waals surface area (Å²) in [7, 11) is -1.86. The van der Waals surface area contributed by atoms with Gasteiger partial charge in [-0.25, -0.2) is 8.42 Å². The summed E-state index contributed by atoms with van der Waals surface area (Å²) in [5.74, 6) is -0.0478. The minimum absolute atomic E-state index is 0.0949. The SMILES string of the molecule is CSC1(C)C(=O)N(C)c2c(OCc3ccccc3)cc3c(c21)C(CO)CN3S(C)(=O)=O. The van der Waals surface area contributed by atoms with Gasteiger partial charge in [-0.15, -0.1) is 11.8 Å². The number of aliphatic hydroxyl groups is 1. The third kappa shape index (κ3) is 3.39. The normalized spacial score (nSPS) is 22.6. The van der Waals surface area contributed by atoms with Crippen molar-refractivity contribution >= 4 is 39.1 Å². The molecule has 0 radical (unpaired) electrons. The average molecular weight is 463 g/mol. The first-order valence-electron chi connectivity index (χ1n) is 9.93. The number of fused-ring (bicyclic) bond motifs is 3. The van der Waals surface area contributed by atoms with E-state index in [1.807, 2.05) is 43.5 Å². The average Bonchev–Trinajstić information content (AvgIpc) is 3.22. The number of benzene rings is 2. The number of aliphatic hydroxyl groups excluding tert-OH is 1. The van der Waals surface area contributed by atoms with Crippen LogP contribution in [-0.4, -0.2) is 52.1 Å². The van der Waals surface area contributed by atoms with Crippen LogP contribution < -0.4 is 13.9 Å². The Hall–Kier alpha value is -2.23. The van der Waals surface area contributed by atoms with E-state index in [1.54, 1.807) is 18.0 Å². The van der Waals surface area contributed by atoms with E-state index >= 15 is 0 Å². The highest BCUT2D eigenvalue weighted by molar-refractivity contribution is 8.00. The molecule has 0 fully saturated rings. The summed E-state index contributed by atoms with van der Waals surface area (Å²) in [4.78, 5) is 14.9. The van der Waals surface area contributed by atoms with Crippen LogP contribution in [-0.2, 0) is 26.2 Å². The number of anilines is 2. The second kappa shape index (κ2) is 7.72. The Kier molecular flexibility index (Phi) is 5.47. The van der Waals surface area contributed by atoms with Gasteiger partial charge >= 0.3 is 0 Å². The van der Waals surface area contributed by atoms with Gasteiger partial charge in [0.1, 0.15) is 17.1 Å². The van der Waals surface area contributed by atoms with Crippen LogP contribution in [0.2, 0.25) is 0 Å². The molecule has 0 aromatic heterocycles. The van der Waals surface area contributed by atoms with Crippen LogP contribution in [0.15, 0.2) is 36.4 Å². The molecule has 9 heteroatoms. The van der Waals surface area contributed by atoms with Crippen molar-refractivity contribution in [3.05, 3.63) is 53.1 Å². The molecular weight excluding hydrogens is 436 g/mol. The van der Waals surface area contributed by atoms with Gasteiger partial charge in [-0.3, -0.25) is 9.10 Å². The minimum atomic E-state index is -3.57. The van der Waals surface area contributed by atoms with Gasteiger partial charge in [-0.1, -0.05) is 30.3 Å². The summed E-state index contributed by atoms with van der Waals surface area (Å²) < 4.78 is 31.6. The number of rotatable bonds is 6. The fourth-order valence-corrected chi connectivity index (χ4v) is 6.18. The van der Waals surface area contributed by atoms with E-state index in [-0.39, 0.29) is 25.7 Å². The van der Waals surface area contributed by atoms with Crippen LogP contribution in [0.4, 0.5) is 11.4 Å². The third-order valence-corrected chi connectivity index (χ3v) is 8.48. The van der Waals surface area contributed by atoms with Gasteiger partial charge in [0.2, 0.25) is 15.9 Å². The lowest BCUT2D eigenvalue weighted by Gasteiger charge is -2.24. The predicted molar refractivity (Wildman–Crippen MR) is 124 cm³/mol. The van der Waals surface area contributed by atoms with Gasteiger partial charge in [0.15, 0.2) is 0 Å². The van der Waals surface area contributed by atoms with Crippen LogP contribution in [0, 0.1) is 0 Å². The fourth-order valence-electron chi connectivity index (χ4n) is 4.50. The van der Waals surface area contributed by atoms with Crippen molar-refractivity contribution < 1.29 is 23.1 Å². The quantitative estimate of drug-likeness (QED) is 0.710. The number of hydrogen-bond donors (Lipinski definition) is 1. The summed E-state index contributed by atoms with van der Waals surface area (Å²) >= 11 is 1.40. The molecule has 0 saturated carbocycles. The number of nitrogens with zero attached hydrogens (tertiary/aromatic N) is 2. The molecule has 1 N–H and O–H groups in total. The Morgan fingerprint density at radius 3 is 2.55 bits per heavy atom. The Bertz CT molecular complexity index is 1140. The molecule has 0 bridgehead atoms. The molecule has 2 aromatic carbocycles. The van der Waals surface area contributed by atoms with Gasteiger partial charge in [-0.05, 0) is 24.3 Å². The highest BCUT2D eigenvalue weighted by atomic mass is 32.2. The van der Waals surface area contributed by atoms with Crippen LogP contribution in [0.3, 0.4) is 0 Å². The molecule has 0 saturated heterocycles. The third-order valence-electron chi connectivity index (χ3n) is 6.14. The number of carbonyl (C=O) groups is 1. The molecule has 2 atom stereocenters. The van der Waals surface area contributed by atoms with E-state index in [2.05, 4.69) is 0 Å². The molecule has 2 heterocycles. The van der Waals surface area contributed by atoms with E-state index in [4.69, 9.17) is 4.74 Å². The van der Waals surface area contributed by atoms with E-state index in [1.165, 1.54) is 16.1 Å². The number of amides is 1. The summed E-state index contributed by atoms with van der Waals surface area (Å²) in [6, 6.07) is 11.3. The topological polar surface area (TPSA) is 87.2 Å². The zero-order valence-corrected chi connectivity index (χ0v) is 19.6. The second-order valence-electron chi connectivity index (χ2n) is 8.08. The van der Waals surface area contributed by atoms with Crippen molar-refractivity contribution in [1.29, 1.82) is 0 Å². The second-order valence-corrected chi connectivity index (χ2v) is 11.2. The van der Waals surface area contributed by atoms with Gasteiger partial charge < -0.3 is 14.7 Å². The van der Waals surface area contributed by atoms with Gasteiger partial charge in [0.05, 0.1) is 24.2 Å². The number of hydrogen-bond acceptors (Lipinski definition) is 6. The maximum atomic E-state index is 13.3. The van der Waals surface area contributed by atoms with Crippen molar-refractivity contribution in [3.63, 3.8) is 0 Å². The van der Waals surface area contributed by atoms with Crippen molar-refractivity contribution in [2.45, 2.75) is 24.2 Å². The first-order chi connectivity index (χ1) is 14.6. The smallest absolute Gasteiger partial charge is 0.247 e. The Balaban J connectivity index is 1.95. The van der Waals surface area contributed by atoms with Crippen molar-refractivity contribution in [2.24, 2.45) is 0 Å². The summed E-state index contributed by atoms with van der Waals surface area (Å²) in [6.07, 6.45) is 3.02. The monoisotopic (exact) mass is 462 g/mol. The van der Waals surface area contributed by atoms with E-state index < -0.39 is 20.7 Å². The van der Waals surface area contributed by atoms with Gasteiger partial charge in [-0.2, -0.15) is 0 Å². The van der Waals surface area contributed by atoms with Crippen molar-refractivity contribution in [1.82, 2.24) is 0 Å². The lowest BCUT2D eigenvalue weighted by atomic mass is 9.89. The highest BCUT2D eigenvalue weighted by Crippen LogP contribution is 2.58. The predicted octanol–water partition coefficient (Wildman–Crippen LogP) is 2.68. The molecule has 166 valence electrons. The summed E-state index contributed by atoms with van der Waals surface area (Å²) in [6.45, 7) is 2.06. The maximum Gasteiger partial charge on any atom is 0.247 e. The number of thioether (sulfide) groups is 1.